The zero-order valence-electron chi connectivity index (χ0n) is 17.0. The lowest BCUT2D eigenvalue weighted by Crippen LogP contribution is -2.36. The Hall–Kier alpha value is -4.09. The Bertz CT molecular complexity index is 1270. The first-order valence-electron chi connectivity index (χ1n) is 9.65. The van der Waals surface area contributed by atoms with Crippen molar-refractivity contribution in [3.63, 3.8) is 0 Å². The SMILES string of the molecule is Cc1ccc(NC(=O)CN2C(=O)S/C(=C/c3ccc(-c4ccc(C#N)cc4)o3)C2=O)cc1. The summed E-state index contributed by atoms with van der Waals surface area (Å²) < 4.78 is 5.76. The molecule has 2 heterocycles. The van der Waals surface area contributed by atoms with Gasteiger partial charge in [-0.1, -0.05) is 17.7 Å². The summed E-state index contributed by atoms with van der Waals surface area (Å²) in [6.07, 6.45) is 1.48. The highest BCUT2D eigenvalue weighted by Gasteiger charge is 2.36. The number of nitriles is 1. The summed E-state index contributed by atoms with van der Waals surface area (Å²) in [5.74, 6) is -0.0368. The van der Waals surface area contributed by atoms with Crippen molar-refractivity contribution in [2.24, 2.45) is 0 Å². The topological polar surface area (TPSA) is 103 Å². The molecule has 3 aromatic rings. The molecular formula is C24H17N3O4S. The number of thioether (sulfide) groups is 1. The fraction of sp³-hybridized carbons (Fsp3) is 0.0833. The van der Waals surface area contributed by atoms with Crippen molar-refractivity contribution in [2.75, 3.05) is 11.9 Å². The Morgan fingerprint density at radius 1 is 1.09 bits per heavy atom. The number of nitrogens with zero attached hydrogens (tertiary/aromatic N) is 2. The fourth-order valence-electron chi connectivity index (χ4n) is 3.04. The van der Waals surface area contributed by atoms with Crippen LogP contribution in [0.1, 0.15) is 16.9 Å². The van der Waals surface area contributed by atoms with Crippen LogP contribution in [0.25, 0.3) is 17.4 Å². The van der Waals surface area contributed by atoms with Crippen molar-refractivity contribution in [1.29, 1.82) is 5.26 Å². The van der Waals surface area contributed by atoms with Gasteiger partial charge in [0.2, 0.25) is 5.91 Å². The molecule has 1 fully saturated rings. The molecule has 1 N–H and O–H groups in total. The van der Waals surface area contributed by atoms with E-state index in [2.05, 4.69) is 11.4 Å². The van der Waals surface area contributed by atoms with E-state index in [0.29, 0.717) is 22.8 Å². The molecule has 2 aromatic carbocycles. The quantitative estimate of drug-likeness (QED) is 0.568. The van der Waals surface area contributed by atoms with E-state index in [0.717, 1.165) is 27.8 Å². The maximum atomic E-state index is 12.7. The second-order valence-corrected chi connectivity index (χ2v) is 8.07. The van der Waals surface area contributed by atoms with Crippen molar-refractivity contribution >= 4 is 40.6 Å². The van der Waals surface area contributed by atoms with Crippen molar-refractivity contribution < 1.29 is 18.8 Å². The maximum Gasteiger partial charge on any atom is 0.294 e. The van der Waals surface area contributed by atoms with Gasteiger partial charge in [0, 0.05) is 17.3 Å². The number of amides is 3. The lowest BCUT2D eigenvalue weighted by atomic mass is 10.1. The van der Waals surface area contributed by atoms with Gasteiger partial charge in [-0.15, -0.1) is 0 Å². The average molecular weight is 443 g/mol. The number of furan rings is 1. The predicted octanol–water partition coefficient (Wildman–Crippen LogP) is 4.80. The number of hydrogen-bond donors (Lipinski definition) is 1. The smallest absolute Gasteiger partial charge is 0.294 e. The molecule has 158 valence electrons. The molecule has 7 nitrogen and oxygen atoms in total. The van der Waals surface area contributed by atoms with Gasteiger partial charge in [0.25, 0.3) is 11.1 Å². The van der Waals surface area contributed by atoms with Crippen molar-refractivity contribution in [2.45, 2.75) is 6.92 Å². The molecule has 0 aliphatic carbocycles. The Labute approximate surface area is 188 Å². The van der Waals surface area contributed by atoms with E-state index >= 15 is 0 Å². The second kappa shape index (κ2) is 8.96. The molecule has 0 unspecified atom stereocenters. The van der Waals surface area contributed by atoms with Gasteiger partial charge in [-0.25, -0.2) is 0 Å². The third-order valence-corrected chi connectivity index (χ3v) is 5.62. The summed E-state index contributed by atoms with van der Waals surface area (Å²) in [4.78, 5) is 38.3. The number of rotatable bonds is 5. The third kappa shape index (κ3) is 4.63. The van der Waals surface area contributed by atoms with Crippen LogP contribution >= 0.6 is 11.8 Å². The van der Waals surface area contributed by atoms with Crippen LogP contribution in [0.15, 0.2) is 70.0 Å². The van der Waals surface area contributed by atoms with Gasteiger partial charge in [0.15, 0.2) is 0 Å². The molecule has 0 radical (unpaired) electrons. The molecule has 0 saturated carbocycles. The zero-order chi connectivity index (χ0) is 22.7. The van der Waals surface area contributed by atoms with Gasteiger partial charge in [-0.3, -0.25) is 19.3 Å². The molecule has 1 aromatic heterocycles. The van der Waals surface area contributed by atoms with Crippen LogP contribution in [-0.4, -0.2) is 28.5 Å². The van der Waals surface area contributed by atoms with Gasteiger partial charge in [0.05, 0.1) is 16.5 Å². The summed E-state index contributed by atoms with van der Waals surface area (Å²) in [7, 11) is 0. The average Bonchev–Trinajstić information content (AvgIpc) is 3.36. The first-order valence-corrected chi connectivity index (χ1v) is 10.5. The normalized spacial score (nSPS) is 14.6. The van der Waals surface area contributed by atoms with E-state index in [9.17, 15) is 14.4 Å². The molecule has 1 saturated heterocycles. The third-order valence-electron chi connectivity index (χ3n) is 4.71. The number of anilines is 1. The predicted molar refractivity (Wildman–Crippen MR) is 121 cm³/mol. The Morgan fingerprint density at radius 3 is 2.50 bits per heavy atom. The number of carbonyl (C=O) groups excluding carboxylic acids is 3. The van der Waals surface area contributed by atoms with Gasteiger partial charge < -0.3 is 9.73 Å². The summed E-state index contributed by atoms with van der Waals surface area (Å²) in [6, 6.07) is 19.6. The molecule has 4 rings (SSSR count). The summed E-state index contributed by atoms with van der Waals surface area (Å²) in [5.41, 5.74) is 2.97. The minimum absolute atomic E-state index is 0.180. The van der Waals surface area contributed by atoms with Crippen molar-refractivity contribution in [3.8, 4) is 17.4 Å². The van der Waals surface area contributed by atoms with Gasteiger partial charge in [-0.2, -0.15) is 5.26 Å². The highest BCUT2D eigenvalue weighted by Crippen LogP contribution is 2.33. The Morgan fingerprint density at radius 2 is 1.81 bits per heavy atom. The number of imide groups is 1. The van der Waals surface area contributed by atoms with E-state index in [-0.39, 0.29) is 11.4 Å². The lowest BCUT2D eigenvalue weighted by molar-refractivity contribution is -0.127. The first kappa shape index (κ1) is 21.2. The van der Waals surface area contributed by atoms with E-state index in [4.69, 9.17) is 9.68 Å². The van der Waals surface area contributed by atoms with Gasteiger partial charge in [-0.05, 0) is 67.2 Å². The van der Waals surface area contributed by atoms with Gasteiger partial charge in [0.1, 0.15) is 18.1 Å². The zero-order valence-corrected chi connectivity index (χ0v) is 17.8. The first-order chi connectivity index (χ1) is 15.4. The van der Waals surface area contributed by atoms with Crippen LogP contribution in [0.3, 0.4) is 0 Å². The minimum atomic E-state index is -0.546. The summed E-state index contributed by atoms with van der Waals surface area (Å²) >= 11 is 0.759. The molecule has 1 aliphatic rings. The van der Waals surface area contributed by atoms with Crippen LogP contribution in [0.4, 0.5) is 10.5 Å². The highest BCUT2D eigenvalue weighted by molar-refractivity contribution is 8.18. The number of benzene rings is 2. The fourth-order valence-corrected chi connectivity index (χ4v) is 3.86. The van der Waals surface area contributed by atoms with Crippen LogP contribution < -0.4 is 5.32 Å². The van der Waals surface area contributed by atoms with E-state index in [1.165, 1.54) is 6.08 Å². The highest BCUT2D eigenvalue weighted by atomic mass is 32.2. The number of nitrogens with one attached hydrogen (secondary N) is 1. The Balaban J connectivity index is 1.44. The molecule has 8 heteroatoms. The molecule has 0 atom stereocenters. The molecule has 0 spiro atoms. The number of aryl methyl sites for hydroxylation is 1. The van der Waals surface area contributed by atoms with Crippen LogP contribution in [0, 0.1) is 18.3 Å². The lowest BCUT2D eigenvalue weighted by Gasteiger charge is -2.12. The van der Waals surface area contributed by atoms with Crippen LogP contribution in [-0.2, 0) is 9.59 Å². The number of carbonyl (C=O) groups is 3. The number of hydrogen-bond acceptors (Lipinski definition) is 6. The molecule has 3 amide bonds. The molecular weight excluding hydrogens is 426 g/mol. The summed E-state index contributed by atoms with van der Waals surface area (Å²) in [6.45, 7) is 1.56. The van der Waals surface area contributed by atoms with E-state index in [1.54, 1.807) is 48.5 Å². The second-order valence-electron chi connectivity index (χ2n) is 7.07. The largest absolute Gasteiger partial charge is 0.457 e. The van der Waals surface area contributed by atoms with E-state index < -0.39 is 17.1 Å². The van der Waals surface area contributed by atoms with Crippen LogP contribution in [0.5, 0.6) is 0 Å². The molecule has 0 bridgehead atoms. The van der Waals surface area contributed by atoms with E-state index in [1.807, 2.05) is 19.1 Å². The standard InChI is InChI=1S/C24H17N3O4S/c1-15-2-8-18(9-3-15)26-22(28)14-27-23(29)21(32-24(27)30)12-19-10-11-20(31-19)17-6-4-16(13-25)5-7-17/h2-12H,14H2,1H3,(H,26,28)/b21-12+. The van der Waals surface area contributed by atoms with Crippen molar-refractivity contribution in [3.05, 3.63) is 82.5 Å². The Kier molecular flexibility index (Phi) is 5.92. The monoisotopic (exact) mass is 443 g/mol. The summed E-state index contributed by atoms with van der Waals surface area (Å²) in [5, 5.41) is 11.1. The minimum Gasteiger partial charge on any atom is -0.457 e. The molecule has 32 heavy (non-hydrogen) atoms. The molecule has 1 aliphatic heterocycles. The van der Waals surface area contributed by atoms with Gasteiger partial charge >= 0.3 is 0 Å². The van der Waals surface area contributed by atoms with Crippen molar-refractivity contribution in [1.82, 2.24) is 4.90 Å². The maximum absolute atomic E-state index is 12.7. The van der Waals surface area contributed by atoms with Crippen LogP contribution in [0.2, 0.25) is 0 Å².